The fourth-order valence-corrected chi connectivity index (χ4v) is 2.92. The van der Waals surface area contributed by atoms with Gasteiger partial charge in [0.1, 0.15) is 12.1 Å². The highest BCUT2D eigenvalue weighted by Gasteiger charge is 2.39. The number of hydrogen-bond donors (Lipinski definition) is 2. The van der Waals surface area contributed by atoms with Gasteiger partial charge in [0.05, 0.1) is 32.9 Å². The largest absolute Gasteiger partial charge is 0.468 e. The number of rotatable bonds is 13. The fourth-order valence-electron chi connectivity index (χ4n) is 2.92. The Hall–Kier alpha value is -2.53. The van der Waals surface area contributed by atoms with E-state index in [1.165, 1.54) is 14.0 Å². The Bertz CT molecular complexity index is 691. The van der Waals surface area contributed by atoms with Crippen molar-refractivity contribution in [2.75, 3.05) is 47.0 Å². The first kappa shape index (κ1) is 26.5. The number of unbranched alkanes of at least 4 members (excludes halogenated alkanes) is 1. The number of carbonyl (C=O) groups is 3. The number of methoxy groups -OCH3 is 1. The lowest BCUT2D eigenvalue weighted by Gasteiger charge is -2.26. The number of hydrogen-bond acceptors (Lipinski definition) is 10. The van der Waals surface area contributed by atoms with E-state index in [2.05, 4.69) is 20.0 Å². The second kappa shape index (κ2) is 13.0. The Labute approximate surface area is 182 Å². The second-order valence-electron chi connectivity index (χ2n) is 7.65. The Balaban J connectivity index is 2.89. The highest BCUT2D eigenvalue weighted by molar-refractivity contribution is 6.04. The minimum atomic E-state index is -0.765. The number of nitrogens with one attached hydrogen (secondary N) is 1. The summed E-state index contributed by atoms with van der Waals surface area (Å²) < 4.78 is 15.5. The van der Waals surface area contributed by atoms with Crippen molar-refractivity contribution in [3.63, 3.8) is 0 Å². The van der Waals surface area contributed by atoms with Crippen LogP contribution < -0.4 is 5.32 Å². The SMILES string of the molecule is COC(=O)CN=C1OC(C(CCCCOC(C)=O)N(C)CC(=O)NCCO)=NC1(C)C. The number of nitrogens with zero attached hydrogens (tertiary/aromatic N) is 3. The molecular weight excluding hydrogens is 408 g/mol. The van der Waals surface area contributed by atoms with Gasteiger partial charge in [-0.15, -0.1) is 0 Å². The third kappa shape index (κ3) is 9.43. The van der Waals surface area contributed by atoms with Gasteiger partial charge >= 0.3 is 11.9 Å². The van der Waals surface area contributed by atoms with E-state index in [4.69, 9.17) is 14.6 Å². The zero-order valence-electron chi connectivity index (χ0n) is 19.0. The van der Waals surface area contributed by atoms with Crippen molar-refractivity contribution in [1.29, 1.82) is 0 Å². The molecule has 2 N–H and O–H groups in total. The molecule has 11 nitrogen and oxygen atoms in total. The Morgan fingerprint density at radius 1 is 1.32 bits per heavy atom. The van der Waals surface area contributed by atoms with Crippen LogP contribution in [0, 0.1) is 0 Å². The van der Waals surface area contributed by atoms with Gasteiger partial charge in [0.25, 0.3) is 0 Å². The normalized spacial score (nSPS) is 17.1. The summed E-state index contributed by atoms with van der Waals surface area (Å²) in [7, 11) is 3.06. The molecule has 0 saturated carbocycles. The number of ether oxygens (including phenoxy) is 3. The van der Waals surface area contributed by atoms with Crippen molar-refractivity contribution in [2.24, 2.45) is 9.98 Å². The molecule has 1 rings (SSSR count). The second-order valence-corrected chi connectivity index (χ2v) is 7.65. The third-order valence-electron chi connectivity index (χ3n) is 4.52. The predicted octanol–water partition coefficient (Wildman–Crippen LogP) is -0.0925. The van der Waals surface area contributed by atoms with E-state index in [0.717, 1.165) is 0 Å². The van der Waals surface area contributed by atoms with Crippen molar-refractivity contribution in [3.8, 4) is 0 Å². The van der Waals surface area contributed by atoms with E-state index in [0.29, 0.717) is 37.7 Å². The number of amides is 1. The van der Waals surface area contributed by atoms with Gasteiger partial charge in [0.2, 0.25) is 17.7 Å². The lowest BCUT2D eigenvalue weighted by Crippen LogP contribution is -2.45. The third-order valence-corrected chi connectivity index (χ3v) is 4.52. The van der Waals surface area contributed by atoms with Gasteiger partial charge in [-0.2, -0.15) is 0 Å². The fraction of sp³-hybridized carbons (Fsp3) is 0.750. The molecule has 0 bridgehead atoms. The summed E-state index contributed by atoms with van der Waals surface area (Å²) in [6.07, 6.45) is 1.96. The summed E-state index contributed by atoms with van der Waals surface area (Å²) in [5, 5.41) is 11.5. The van der Waals surface area contributed by atoms with Crippen molar-refractivity contribution in [3.05, 3.63) is 0 Å². The number of aliphatic imine (C=N–C) groups is 2. The topological polar surface area (TPSA) is 139 Å². The first-order valence-corrected chi connectivity index (χ1v) is 10.2. The highest BCUT2D eigenvalue weighted by Crippen LogP contribution is 2.25. The van der Waals surface area contributed by atoms with Crippen LogP contribution in [0.3, 0.4) is 0 Å². The molecular formula is C20H34N4O7. The number of aliphatic hydroxyl groups excluding tert-OH is 1. The summed E-state index contributed by atoms with van der Waals surface area (Å²) in [5.74, 6) is -0.348. The minimum Gasteiger partial charge on any atom is -0.468 e. The number of carbonyl (C=O) groups excluding carboxylic acids is 3. The number of likely N-dealkylation sites (N-methyl/N-ethyl adjacent to an activating group) is 1. The van der Waals surface area contributed by atoms with Crippen LogP contribution >= 0.6 is 0 Å². The zero-order chi connectivity index (χ0) is 23.4. The molecule has 1 aliphatic heterocycles. The van der Waals surface area contributed by atoms with Crippen molar-refractivity contribution < 1.29 is 33.7 Å². The van der Waals surface area contributed by atoms with Gasteiger partial charge in [0.15, 0.2) is 0 Å². The molecule has 176 valence electrons. The van der Waals surface area contributed by atoms with Crippen molar-refractivity contribution in [1.82, 2.24) is 10.2 Å². The van der Waals surface area contributed by atoms with Gasteiger partial charge in [-0.3, -0.25) is 19.3 Å². The van der Waals surface area contributed by atoms with E-state index in [1.807, 2.05) is 13.8 Å². The summed E-state index contributed by atoms with van der Waals surface area (Å²) in [6.45, 7) is 5.25. The lowest BCUT2D eigenvalue weighted by molar-refractivity contribution is -0.141. The molecule has 1 unspecified atom stereocenters. The molecule has 11 heteroatoms. The first-order chi connectivity index (χ1) is 14.6. The highest BCUT2D eigenvalue weighted by atomic mass is 16.5. The Kier molecular flexibility index (Phi) is 11.1. The van der Waals surface area contributed by atoms with Crippen LogP contribution in [0.4, 0.5) is 0 Å². The summed E-state index contributed by atoms with van der Waals surface area (Å²) in [6, 6.07) is -0.331. The standard InChI is InChI=1S/C20H34N4O7/c1-14(26)30-11-7-6-8-15(24(4)13-16(27)21-9-10-25)18-23-20(2,3)19(31-18)22-12-17(28)29-5/h15,25H,6-13H2,1-5H3,(H,21,27). The molecule has 31 heavy (non-hydrogen) atoms. The van der Waals surface area contributed by atoms with Crippen LogP contribution in [-0.4, -0.2) is 98.2 Å². The van der Waals surface area contributed by atoms with Gasteiger partial charge in [-0.05, 0) is 40.2 Å². The maximum Gasteiger partial charge on any atom is 0.327 e. The van der Waals surface area contributed by atoms with Crippen molar-refractivity contribution in [2.45, 2.75) is 51.6 Å². The monoisotopic (exact) mass is 442 g/mol. The molecule has 0 aromatic carbocycles. The summed E-state index contributed by atoms with van der Waals surface area (Å²) >= 11 is 0. The molecule has 1 atom stereocenters. The number of aliphatic hydroxyl groups is 1. The molecule has 0 spiro atoms. The molecule has 0 aliphatic carbocycles. The smallest absolute Gasteiger partial charge is 0.327 e. The van der Waals surface area contributed by atoms with Crippen LogP contribution in [0.25, 0.3) is 0 Å². The predicted molar refractivity (Wildman–Crippen MR) is 114 cm³/mol. The van der Waals surface area contributed by atoms with E-state index < -0.39 is 11.5 Å². The summed E-state index contributed by atoms with van der Waals surface area (Å²) in [4.78, 5) is 45.1. The molecule has 1 amide bonds. The molecule has 0 aromatic heterocycles. The maximum atomic E-state index is 12.1. The van der Waals surface area contributed by atoms with Gasteiger partial charge in [-0.25, -0.2) is 9.98 Å². The van der Waals surface area contributed by atoms with Crippen LogP contribution in [0.1, 0.15) is 40.0 Å². The molecule has 0 fully saturated rings. The van der Waals surface area contributed by atoms with Crippen LogP contribution in [0.5, 0.6) is 0 Å². The first-order valence-electron chi connectivity index (χ1n) is 10.2. The van der Waals surface area contributed by atoms with Crippen LogP contribution in [0.15, 0.2) is 9.98 Å². The average molecular weight is 443 g/mol. The van der Waals surface area contributed by atoms with Gasteiger partial charge in [0, 0.05) is 13.5 Å². The molecule has 1 aliphatic rings. The lowest BCUT2D eigenvalue weighted by atomic mass is 10.1. The summed E-state index contributed by atoms with van der Waals surface area (Å²) in [5.41, 5.74) is -0.765. The van der Waals surface area contributed by atoms with Crippen molar-refractivity contribution >= 4 is 29.6 Å². The van der Waals surface area contributed by atoms with Gasteiger partial charge in [-0.1, -0.05) is 0 Å². The van der Waals surface area contributed by atoms with E-state index in [-0.39, 0.29) is 44.2 Å². The van der Waals surface area contributed by atoms with E-state index in [9.17, 15) is 14.4 Å². The molecule has 0 radical (unpaired) electrons. The quantitative estimate of drug-likeness (QED) is 0.298. The van der Waals surface area contributed by atoms with Crippen LogP contribution in [0.2, 0.25) is 0 Å². The van der Waals surface area contributed by atoms with Crippen LogP contribution in [-0.2, 0) is 28.6 Å². The Morgan fingerprint density at radius 2 is 2.03 bits per heavy atom. The zero-order valence-corrected chi connectivity index (χ0v) is 19.0. The van der Waals surface area contributed by atoms with E-state index >= 15 is 0 Å². The number of esters is 2. The molecule has 0 saturated heterocycles. The average Bonchev–Trinajstić information content (AvgIpc) is 3.00. The van der Waals surface area contributed by atoms with E-state index in [1.54, 1.807) is 11.9 Å². The minimum absolute atomic E-state index is 0.0755. The molecule has 0 aromatic rings. The Morgan fingerprint density at radius 3 is 2.65 bits per heavy atom. The van der Waals surface area contributed by atoms with Gasteiger partial charge < -0.3 is 24.6 Å². The maximum absolute atomic E-state index is 12.1. The molecule has 1 heterocycles.